The maximum absolute atomic E-state index is 4.10. The first-order valence-electron chi connectivity index (χ1n) is 12.6. The van der Waals surface area contributed by atoms with Gasteiger partial charge in [0.05, 0.1) is 5.41 Å². The number of hydrogen-bond acceptors (Lipinski definition) is 0. The van der Waals surface area contributed by atoms with Crippen LogP contribution in [0.1, 0.15) is 60.1 Å². The third-order valence-corrected chi connectivity index (χ3v) is 9.63. The van der Waals surface area contributed by atoms with Gasteiger partial charge in [0.2, 0.25) is 0 Å². The summed E-state index contributed by atoms with van der Waals surface area (Å²) in [4.78, 5) is 0. The van der Waals surface area contributed by atoms with Crippen LogP contribution in [0.2, 0.25) is 0 Å². The molecule has 1 atom stereocenters. The Labute approximate surface area is 215 Å². The summed E-state index contributed by atoms with van der Waals surface area (Å²) < 4.78 is 1.23. The van der Waals surface area contributed by atoms with Crippen LogP contribution in [0.4, 0.5) is 0 Å². The molecule has 4 aromatic carbocycles. The third-order valence-electron chi connectivity index (χ3n) is 9.01. The predicted molar refractivity (Wildman–Crippen MR) is 149 cm³/mol. The molecular weight excluding hydrogens is 488 g/mol. The Morgan fingerprint density at radius 1 is 0.686 bits per heavy atom. The number of benzene rings is 4. The molecule has 0 N–H and O–H groups in total. The highest BCUT2D eigenvalue weighted by molar-refractivity contribution is 9.10. The van der Waals surface area contributed by atoms with Gasteiger partial charge in [-0.2, -0.15) is 0 Å². The summed E-state index contributed by atoms with van der Waals surface area (Å²) >= 11 is 4.10. The molecule has 0 aromatic heterocycles. The van der Waals surface area contributed by atoms with Crippen molar-refractivity contribution in [1.29, 1.82) is 0 Å². The first kappa shape index (κ1) is 20.1. The molecule has 0 saturated carbocycles. The summed E-state index contributed by atoms with van der Waals surface area (Å²) in [6.07, 6.45) is 7.05. The second-order valence-corrected chi connectivity index (χ2v) is 11.7. The van der Waals surface area contributed by atoms with Crippen molar-refractivity contribution in [3.05, 3.63) is 134 Å². The topological polar surface area (TPSA) is 0 Å². The van der Waals surface area contributed by atoms with E-state index < -0.39 is 0 Å². The standard InChI is InChI=1S/C34H25Br/c1-33(2)24-15-7-5-13-22(24)31-30-23-14-6-10-18-27(23)34(28(30)19-29(35)32(31)33)25-16-8-3-11-20(25)21-12-4-9-17-26(21)34/h3,5-11,13-19H,4,12H2,1-2H3. The van der Waals surface area contributed by atoms with Crippen molar-refractivity contribution in [2.24, 2.45) is 0 Å². The van der Waals surface area contributed by atoms with Crippen molar-refractivity contribution in [3.63, 3.8) is 0 Å². The zero-order chi connectivity index (χ0) is 23.5. The fourth-order valence-corrected chi connectivity index (χ4v) is 8.68. The van der Waals surface area contributed by atoms with Gasteiger partial charge in [-0.3, -0.25) is 0 Å². The highest BCUT2D eigenvalue weighted by Gasteiger charge is 2.54. The molecule has 0 bridgehead atoms. The predicted octanol–water partition coefficient (Wildman–Crippen LogP) is 9.19. The van der Waals surface area contributed by atoms with Crippen LogP contribution in [0.25, 0.3) is 27.8 Å². The minimum absolute atomic E-state index is 0.0484. The van der Waals surface area contributed by atoms with Crippen LogP contribution in [-0.4, -0.2) is 0 Å². The maximum Gasteiger partial charge on any atom is 0.0722 e. The summed E-state index contributed by atoms with van der Waals surface area (Å²) in [5, 5.41) is 0. The van der Waals surface area contributed by atoms with Crippen molar-refractivity contribution < 1.29 is 0 Å². The number of allylic oxidation sites excluding steroid dienone is 4. The summed E-state index contributed by atoms with van der Waals surface area (Å²) in [5.41, 5.74) is 16.9. The molecule has 1 heteroatoms. The molecule has 0 aliphatic heterocycles. The number of fused-ring (bicyclic) bond motifs is 13. The zero-order valence-electron chi connectivity index (χ0n) is 20.0. The monoisotopic (exact) mass is 512 g/mol. The molecule has 4 aliphatic carbocycles. The lowest BCUT2D eigenvalue weighted by Crippen LogP contribution is -2.27. The van der Waals surface area contributed by atoms with Gasteiger partial charge < -0.3 is 0 Å². The largest absolute Gasteiger partial charge is 0.0839 e. The van der Waals surface area contributed by atoms with Gasteiger partial charge in [-0.15, -0.1) is 0 Å². The van der Waals surface area contributed by atoms with Gasteiger partial charge in [-0.1, -0.05) is 115 Å². The Morgan fingerprint density at radius 3 is 2.03 bits per heavy atom. The molecule has 0 saturated heterocycles. The number of hydrogen-bond donors (Lipinski definition) is 0. The molecule has 1 unspecified atom stereocenters. The van der Waals surface area contributed by atoms with E-state index in [1.54, 1.807) is 0 Å². The molecule has 0 fully saturated rings. The van der Waals surface area contributed by atoms with Crippen molar-refractivity contribution in [2.75, 3.05) is 0 Å². The second kappa shape index (κ2) is 6.53. The molecule has 4 aliphatic rings. The first-order chi connectivity index (χ1) is 17.1. The van der Waals surface area contributed by atoms with Crippen LogP contribution in [0.5, 0.6) is 0 Å². The van der Waals surface area contributed by atoms with Gasteiger partial charge in [0.25, 0.3) is 0 Å². The fourth-order valence-electron chi connectivity index (χ4n) is 7.75. The van der Waals surface area contributed by atoms with E-state index >= 15 is 0 Å². The van der Waals surface area contributed by atoms with Crippen LogP contribution in [0.15, 0.2) is 101 Å². The molecule has 1 spiro atoms. The smallest absolute Gasteiger partial charge is 0.0722 e. The summed E-state index contributed by atoms with van der Waals surface area (Å²) in [5.74, 6) is 0. The van der Waals surface area contributed by atoms with E-state index in [0.29, 0.717) is 0 Å². The second-order valence-electron chi connectivity index (χ2n) is 10.9. The van der Waals surface area contributed by atoms with E-state index in [1.165, 1.54) is 71.3 Å². The van der Waals surface area contributed by atoms with E-state index in [2.05, 4.69) is 121 Å². The fraction of sp³-hybridized carbons (Fsp3) is 0.176. The Bertz CT molecular complexity index is 1680. The lowest BCUT2D eigenvalue weighted by molar-refractivity contribution is 0.656. The van der Waals surface area contributed by atoms with E-state index in [1.807, 2.05) is 0 Å². The van der Waals surface area contributed by atoms with Crippen molar-refractivity contribution in [3.8, 4) is 22.3 Å². The average molecular weight is 513 g/mol. The van der Waals surface area contributed by atoms with E-state index in [0.717, 1.165) is 12.8 Å². The molecule has 0 amide bonds. The third kappa shape index (κ3) is 2.17. The van der Waals surface area contributed by atoms with Crippen molar-refractivity contribution >= 4 is 21.5 Å². The van der Waals surface area contributed by atoms with Crippen molar-refractivity contribution in [1.82, 2.24) is 0 Å². The Morgan fingerprint density at radius 2 is 1.29 bits per heavy atom. The first-order valence-corrected chi connectivity index (χ1v) is 13.4. The Hall–Kier alpha value is -3.16. The van der Waals surface area contributed by atoms with E-state index in [4.69, 9.17) is 0 Å². The minimum atomic E-state index is -0.256. The highest BCUT2D eigenvalue weighted by Crippen LogP contribution is 2.67. The van der Waals surface area contributed by atoms with Crippen LogP contribution >= 0.6 is 15.9 Å². The molecule has 0 nitrogen and oxygen atoms in total. The molecular formula is C34H25Br. The van der Waals surface area contributed by atoms with Gasteiger partial charge in [0.15, 0.2) is 0 Å². The normalized spacial score (nSPS) is 21.5. The lowest BCUT2D eigenvalue weighted by Gasteiger charge is -2.33. The quantitative estimate of drug-likeness (QED) is 0.220. The van der Waals surface area contributed by atoms with E-state index in [-0.39, 0.29) is 10.8 Å². The molecule has 0 heterocycles. The molecule has 4 aromatic rings. The lowest BCUT2D eigenvalue weighted by atomic mass is 9.68. The summed E-state index contributed by atoms with van der Waals surface area (Å²) in [6.45, 7) is 4.75. The minimum Gasteiger partial charge on any atom is -0.0839 e. The van der Waals surface area contributed by atoms with Gasteiger partial charge in [-0.05, 0) is 85.7 Å². The van der Waals surface area contributed by atoms with Crippen LogP contribution < -0.4 is 0 Å². The van der Waals surface area contributed by atoms with Crippen LogP contribution in [-0.2, 0) is 10.8 Å². The Kier molecular flexibility index (Phi) is 3.75. The number of halogens is 1. The van der Waals surface area contributed by atoms with Gasteiger partial charge in [-0.25, -0.2) is 0 Å². The van der Waals surface area contributed by atoms with Crippen molar-refractivity contribution in [2.45, 2.75) is 37.5 Å². The molecule has 35 heavy (non-hydrogen) atoms. The van der Waals surface area contributed by atoms with Gasteiger partial charge in [0.1, 0.15) is 0 Å². The molecule has 0 radical (unpaired) electrons. The van der Waals surface area contributed by atoms with Crippen LogP contribution in [0, 0.1) is 0 Å². The van der Waals surface area contributed by atoms with Crippen LogP contribution in [0.3, 0.4) is 0 Å². The summed E-state index contributed by atoms with van der Waals surface area (Å²) in [6, 6.07) is 29.9. The maximum atomic E-state index is 4.10. The summed E-state index contributed by atoms with van der Waals surface area (Å²) in [7, 11) is 0. The Balaban J connectivity index is 1.60. The number of rotatable bonds is 0. The molecule has 8 rings (SSSR count). The zero-order valence-corrected chi connectivity index (χ0v) is 21.5. The molecule has 168 valence electrons. The highest BCUT2D eigenvalue weighted by atomic mass is 79.9. The van der Waals surface area contributed by atoms with Gasteiger partial charge in [0, 0.05) is 9.89 Å². The van der Waals surface area contributed by atoms with Gasteiger partial charge >= 0.3 is 0 Å². The average Bonchev–Trinajstić information content (AvgIpc) is 3.44. The SMILES string of the molecule is CC1(C)c2ccccc2-c2c3c(cc(Br)c21)C1(C2=C(CCC=C2)c2ccccc21)c1ccccc1-3. The van der Waals surface area contributed by atoms with E-state index in [9.17, 15) is 0 Å².